The van der Waals surface area contributed by atoms with E-state index in [9.17, 15) is 4.79 Å². The predicted molar refractivity (Wildman–Crippen MR) is 80.0 cm³/mol. The highest BCUT2D eigenvalue weighted by atomic mass is 16.1. The molecule has 0 saturated carbocycles. The molecule has 1 amide bonds. The number of carbonyl (C=O) groups is 1. The minimum Gasteiger partial charge on any atom is -0.358 e. The summed E-state index contributed by atoms with van der Waals surface area (Å²) in [5.41, 5.74) is 8.00. The molecule has 0 spiro atoms. The minimum absolute atomic E-state index is 0.0462. The molecule has 1 fully saturated rings. The van der Waals surface area contributed by atoms with Crippen molar-refractivity contribution in [1.82, 2.24) is 21.1 Å². The van der Waals surface area contributed by atoms with Crippen LogP contribution in [0.15, 0.2) is 30.3 Å². The molecule has 5 heteroatoms. The van der Waals surface area contributed by atoms with Crippen LogP contribution in [-0.4, -0.2) is 43.5 Å². The predicted octanol–water partition coefficient (Wildman–Crippen LogP) is 0.661. The van der Waals surface area contributed by atoms with E-state index >= 15 is 0 Å². The first-order valence-corrected chi connectivity index (χ1v) is 7.08. The van der Waals surface area contributed by atoms with Crippen LogP contribution in [0, 0.1) is 0 Å². The lowest BCUT2D eigenvalue weighted by Gasteiger charge is -2.28. The van der Waals surface area contributed by atoms with E-state index in [1.807, 2.05) is 13.1 Å². The number of hydrogen-bond acceptors (Lipinski definition) is 4. The van der Waals surface area contributed by atoms with E-state index in [-0.39, 0.29) is 11.9 Å². The molecule has 1 aliphatic heterocycles. The third-order valence-electron chi connectivity index (χ3n) is 4.08. The van der Waals surface area contributed by atoms with Gasteiger partial charge in [-0.05, 0) is 26.0 Å². The molecule has 0 radical (unpaired) electrons. The van der Waals surface area contributed by atoms with Crippen LogP contribution in [0.2, 0.25) is 0 Å². The normalized spacial score (nSPS) is 23.8. The zero-order chi connectivity index (χ0) is 14.5. The highest BCUT2D eigenvalue weighted by Crippen LogP contribution is 2.24. The topological polar surface area (TPSA) is 56.4 Å². The monoisotopic (exact) mass is 276 g/mol. The summed E-state index contributed by atoms with van der Waals surface area (Å²) in [5, 5.41) is 2.66. The molecule has 0 aliphatic carbocycles. The van der Waals surface area contributed by atoms with Gasteiger partial charge in [0.25, 0.3) is 0 Å². The van der Waals surface area contributed by atoms with E-state index in [1.165, 1.54) is 5.56 Å². The molecule has 0 aromatic heterocycles. The Balaban J connectivity index is 1.90. The summed E-state index contributed by atoms with van der Waals surface area (Å²) >= 11 is 0. The molecule has 20 heavy (non-hydrogen) atoms. The van der Waals surface area contributed by atoms with Crippen molar-refractivity contribution in [2.24, 2.45) is 0 Å². The van der Waals surface area contributed by atoms with Crippen LogP contribution in [0.25, 0.3) is 0 Å². The number of hydrazine groups is 1. The zero-order valence-electron chi connectivity index (χ0n) is 12.4. The second-order valence-electron chi connectivity index (χ2n) is 5.42. The molecular weight excluding hydrogens is 252 g/mol. The smallest absolute Gasteiger partial charge is 0.233 e. The fourth-order valence-electron chi connectivity index (χ4n) is 2.56. The maximum atomic E-state index is 11.4. The van der Waals surface area contributed by atoms with E-state index in [0.29, 0.717) is 18.6 Å². The Hall–Kier alpha value is -1.43. The Bertz CT molecular complexity index is 437. The number of likely N-dealkylation sites (N-methyl/N-ethyl adjacent to an activating group) is 2. The van der Waals surface area contributed by atoms with E-state index < -0.39 is 0 Å². The molecule has 1 aliphatic rings. The molecule has 110 valence electrons. The average molecular weight is 276 g/mol. The van der Waals surface area contributed by atoms with Gasteiger partial charge in [0.2, 0.25) is 5.91 Å². The maximum absolute atomic E-state index is 11.4. The lowest BCUT2D eigenvalue weighted by Crippen LogP contribution is -2.48. The number of hydrogen-bond donors (Lipinski definition) is 3. The zero-order valence-corrected chi connectivity index (χ0v) is 12.4. The van der Waals surface area contributed by atoms with Gasteiger partial charge in [0.05, 0.1) is 6.54 Å². The highest BCUT2D eigenvalue weighted by molar-refractivity contribution is 5.77. The molecule has 2 rings (SSSR count). The number of rotatable bonds is 5. The van der Waals surface area contributed by atoms with Crippen molar-refractivity contribution >= 4 is 5.91 Å². The Labute approximate surface area is 120 Å². The molecule has 1 aromatic carbocycles. The van der Waals surface area contributed by atoms with Gasteiger partial charge in [0, 0.05) is 25.2 Å². The van der Waals surface area contributed by atoms with Crippen molar-refractivity contribution in [1.29, 1.82) is 0 Å². The summed E-state index contributed by atoms with van der Waals surface area (Å²) in [6.07, 6.45) is 1.02. The van der Waals surface area contributed by atoms with E-state index in [1.54, 1.807) is 7.05 Å². The third-order valence-corrected chi connectivity index (χ3v) is 4.08. The third kappa shape index (κ3) is 3.56. The van der Waals surface area contributed by atoms with Gasteiger partial charge in [-0.25, -0.2) is 5.43 Å². The first kappa shape index (κ1) is 15.0. The van der Waals surface area contributed by atoms with Gasteiger partial charge in [-0.1, -0.05) is 30.3 Å². The summed E-state index contributed by atoms with van der Waals surface area (Å²) in [7, 11) is 3.65. The first-order valence-electron chi connectivity index (χ1n) is 7.08. The van der Waals surface area contributed by atoms with Gasteiger partial charge in [-0.3, -0.25) is 15.1 Å². The molecule has 5 nitrogen and oxygen atoms in total. The van der Waals surface area contributed by atoms with Crippen LogP contribution in [0.5, 0.6) is 0 Å². The van der Waals surface area contributed by atoms with Gasteiger partial charge < -0.3 is 5.32 Å². The maximum Gasteiger partial charge on any atom is 0.233 e. The first-order chi connectivity index (χ1) is 9.61. The van der Waals surface area contributed by atoms with Crippen molar-refractivity contribution in [3.8, 4) is 0 Å². The van der Waals surface area contributed by atoms with E-state index in [0.717, 1.165) is 6.42 Å². The Morgan fingerprint density at radius 1 is 1.40 bits per heavy atom. The van der Waals surface area contributed by atoms with E-state index in [2.05, 4.69) is 52.3 Å². The van der Waals surface area contributed by atoms with Crippen LogP contribution in [0.4, 0.5) is 0 Å². The number of amides is 1. The Kier molecular flexibility index (Phi) is 5.11. The Morgan fingerprint density at radius 3 is 2.75 bits per heavy atom. The van der Waals surface area contributed by atoms with Crippen LogP contribution in [0.3, 0.4) is 0 Å². The van der Waals surface area contributed by atoms with Gasteiger partial charge in [-0.2, -0.15) is 0 Å². The molecule has 1 saturated heterocycles. The van der Waals surface area contributed by atoms with Crippen molar-refractivity contribution in [3.05, 3.63) is 35.9 Å². The number of carbonyl (C=O) groups excluding carboxylic acids is 1. The van der Waals surface area contributed by atoms with Crippen molar-refractivity contribution in [2.75, 3.05) is 20.6 Å². The van der Waals surface area contributed by atoms with Crippen molar-refractivity contribution in [3.63, 3.8) is 0 Å². The van der Waals surface area contributed by atoms with Crippen LogP contribution in [-0.2, 0) is 4.79 Å². The van der Waals surface area contributed by atoms with Gasteiger partial charge in [0.15, 0.2) is 0 Å². The molecule has 3 atom stereocenters. The number of nitrogens with zero attached hydrogens (tertiary/aromatic N) is 1. The summed E-state index contributed by atoms with van der Waals surface area (Å²) in [5.74, 6) is 0.0462. The molecule has 3 N–H and O–H groups in total. The summed E-state index contributed by atoms with van der Waals surface area (Å²) < 4.78 is 0. The van der Waals surface area contributed by atoms with Crippen LogP contribution < -0.4 is 16.2 Å². The van der Waals surface area contributed by atoms with Gasteiger partial charge in [-0.15, -0.1) is 0 Å². The SMILES string of the molecule is CNC(=O)CN(C)C(C)C1CC(c2ccccc2)NN1. The fraction of sp³-hybridized carbons (Fsp3) is 0.533. The quantitative estimate of drug-likeness (QED) is 0.739. The summed E-state index contributed by atoms with van der Waals surface area (Å²) in [6, 6.07) is 11.4. The second kappa shape index (κ2) is 6.83. The van der Waals surface area contributed by atoms with Crippen LogP contribution >= 0.6 is 0 Å². The standard InChI is InChI=1S/C15H24N4O/c1-11(19(3)10-15(20)16-2)13-9-14(18-17-13)12-7-5-4-6-8-12/h4-8,11,13-14,17-18H,9-10H2,1-3H3,(H,16,20). The minimum atomic E-state index is 0.0462. The average Bonchev–Trinajstić information content (AvgIpc) is 2.97. The fourth-order valence-corrected chi connectivity index (χ4v) is 2.56. The lowest BCUT2D eigenvalue weighted by atomic mass is 9.98. The highest BCUT2D eigenvalue weighted by Gasteiger charge is 2.30. The Morgan fingerprint density at radius 2 is 2.10 bits per heavy atom. The number of nitrogens with one attached hydrogen (secondary N) is 3. The number of benzene rings is 1. The second-order valence-corrected chi connectivity index (χ2v) is 5.42. The summed E-state index contributed by atoms with van der Waals surface area (Å²) in [6.45, 7) is 2.57. The molecule has 1 heterocycles. The molecule has 1 aromatic rings. The lowest BCUT2D eigenvalue weighted by molar-refractivity contribution is -0.122. The van der Waals surface area contributed by atoms with Gasteiger partial charge in [0.1, 0.15) is 0 Å². The molecular formula is C15H24N4O. The van der Waals surface area contributed by atoms with Gasteiger partial charge >= 0.3 is 0 Å². The molecule has 3 unspecified atom stereocenters. The van der Waals surface area contributed by atoms with Crippen LogP contribution in [0.1, 0.15) is 24.9 Å². The van der Waals surface area contributed by atoms with E-state index in [4.69, 9.17) is 0 Å². The summed E-state index contributed by atoms with van der Waals surface area (Å²) in [4.78, 5) is 13.5. The van der Waals surface area contributed by atoms with Crippen molar-refractivity contribution < 1.29 is 4.79 Å². The van der Waals surface area contributed by atoms with Crippen molar-refractivity contribution in [2.45, 2.75) is 31.5 Å². The molecule has 0 bridgehead atoms. The largest absolute Gasteiger partial charge is 0.358 e.